The van der Waals surface area contributed by atoms with Gasteiger partial charge in [0, 0.05) is 18.8 Å². The molecule has 0 aliphatic carbocycles. The van der Waals surface area contributed by atoms with Crippen LogP contribution in [0.2, 0.25) is 0 Å². The van der Waals surface area contributed by atoms with Crippen molar-refractivity contribution in [2.45, 2.75) is 18.9 Å². The lowest BCUT2D eigenvalue weighted by atomic mass is 9.85. The lowest BCUT2D eigenvalue weighted by Crippen LogP contribution is -2.59. The van der Waals surface area contributed by atoms with Crippen LogP contribution >= 0.6 is 0 Å². The molecule has 0 unspecified atom stereocenters. The first-order valence-corrected chi connectivity index (χ1v) is 9.09. The number of oxime groups is 1. The molecule has 3 fully saturated rings. The van der Waals surface area contributed by atoms with Crippen molar-refractivity contribution in [2.24, 2.45) is 11.1 Å². The van der Waals surface area contributed by atoms with Gasteiger partial charge in [-0.05, 0) is 35.4 Å². The summed E-state index contributed by atoms with van der Waals surface area (Å²) >= 11 is 0. The summed E-state index contributed by atoms with van der Waals surface area (Å²) in [6.45, 7) is 3.32. The van der Waals surface area contributed by atoms with Gasteiger partial charge in [0.2, 0.25) is 0 Å². The van der Waals surface area contributed by atoms with Crippen molar-refractivity contribution in [2.75, 3.05) is 26.7 Å². The second-order valence-electron chi connectivity index (χ2n) is 7.67. The van der Waals surface area contributed by atoms with E-state index >= 15 is 0 Å². The third-order valence-corrected chi connectivity index (χ3v) is 5.67. The molecule has 0 amide bonds. The lowest BCUT2D eigenvalue weighted by Gasteiger charge is -2.46. The Morgan fingerprint density at radius 3 is 1.88 bits per heavy atom. The zero-order valence-corrected chi connectivity index (χ0v) is 14.9. The molecule has 2 bridgehead atoms. The fourth-order valence-electron chi connectivity index (χ4n) is 4.02. The zero-order chi connectivity index (χ0) is 18.1. The molecule has 0 atom stereocenters. The second kappa shape index (κ2) is 6.80. The van der Waals surface area contributed by atoms with Crippen molar-refractivity contribution in [3.63, 3.8) is 0 Å². The fourth-order valence-corrected chi connectivity index (χ4v) is 4.02. The minimum absolute atomic E-state index is 0.298. The number of halogens is 2. The number of nitrogens with zero attached hydrogens (tertiary/aromatic N) is 2. The van der Waals surface area contributed by atoms with E-state index in [2.05, 4.69) is 12.2 Å². The molecule has 0 saturated carbocycles. The predicted octanol–water partition coefficient (Wildman–Crippen LogP) is 4.30. The molecule has 3 aliphatic heterocycles. The standard InChI is InChI=1S/C21H23F2N2O/c1-25-12-10-15(11-13-25)20(14-25)24-26-21(16-2-6-18(22)7-3-16)17-4-8-19(23)9-5-17/h2-9,15,21H,10-14H2,1H3/q+1/b24-20-. The van der Waals surface area contributed by atoms with Crippen molar-refractivity contribution < 1.29 is 18.1 Å². The summed E-state index contributed by atoms with van der Waals surface area (Å²) in [6.07, 6.45) is 1.82. The van der Waals surface area contributed by atoms with Crippen LogP contribution in [0.15, 0.2) is 53.7 Å². The average Bonchev–Trinajstić information content (AvgIpc) is 2.65. The number of benzene rings is 2. The molecule has 0 aromatic heterocycles. The molecule has 3 aliphatic rings. The SMILES string of the molecule is C[N+]12CCC(CC1)/C(=N\OC(c1ccc(F)cc1)c1ccc(F)cc1)C2. The molecule has 0 radical (unpaired) electrons. The van der Waals surface area contributed by atoms with E-state index in [-0.39, 0.29) is 11.6 Å². The Morgan fingerprint density at radius 1 is 0.923 bits per heavy atom. The minimum Gasteiger partial charge on any atom is -0.383 e. The molecule has 0 N–H and O–H groups in total. The van der Waals surface area contributed by atoms with Gasteiger partial charge in [-0.3, -0.25) is 0 Å². The van der Waals surface area contributed by atoms with Crippen LogP contribution in [0.1, 0.15) is 30.1 Å². The van der Waals surface area contributed by atoms with E-state index in [0.717, 1.165) is 40.7 Å². The number of rotatable bonds is 4. The van der Waals surface area contributed by atoms with Crippen molar-refractivity contribution >= 4 is 5.71 Å². The summed E-state index contributed by atoms with van der Waals surface area (Å²) in [6, 6.07) is 12.4. The van der Waals surface area contributed by atoms with Crippen molar-refractivity contribution in [3.05, 3.63) is 71.3 Å². The van der Waals surface area contributed by atoms with Gasteiger partial charge in [-0.2, -0.15) is 0 Å². The molecule has 136 valence electrons. The summed E-state index contributed by atoms with van der Waals surface area (Å²) in [5.41, 5.74) is 2.70. The van der Waals surface area contributed by atoms with E-state index in [4.69, 9.17) is 4.84 Å². The van der Waals surface area contributed by atoms with Crippen molar-refractivity contribution in [1.82, 2.24) is 0 Å². The van der Waals surface area contributed by atoms with Crippen LogP contribution in [0.4, 0.5) is 8.78 Å². The highest BCUT2D eigenvalue weighted by molar-refractivity contribution is 5.88. The fraction of sp³-hybridized carbons (Fsp3) is 0.381. The molecule has 5 rings (SSSR count). The van der Waals surface area contributed by atoms with Crippen molar-refractivity contribution in [1.29, 1.82) is 0 Å². The Morgan fingerprint density at radius 2 is 1.42 bits per heavy atom. The topological polar surface area (TPSA) is 21.6 Å². The molecule has 3 nitrogen and oxygen atoms in total. The summed E-state index contributed by atoms with van der Waals surface area (Å²) in [5.74, 6) is -0.0995. The van der Waals surface area contributed by atoms with Crippen LogP contribution in [0.3, 0.4) is 0 Å². The number of quaternary nitrogens is 1. The Kier molecular flexibility index (Phi) is 4.49. The van der Waals surface area contributed by atoms with Crippen molar-refractivity contribution in [3.8, 4) is 0 Å². The maximum atomic E-state index is 13.3. The van der Waals surface area contributed by atoms with Crippen LogP contribution in [-0.4, -0.2) is 36.9 Å². The highest BCUT2D eigenvalue weighted by Gasteiger charge is 2.41. The molecule has 0 spiro atoms. The van der Waals surface area contributed by atoms with Gasteiger partial charge in [-0.15, -0.1) is 0 Å². The largest absolute Gasteiger partial charge is 0.383 e. The predicted molar refractivity (Wildman–Crippen MR) is 96.7 cm³/mol. The molecule has 2 aromatic carbocycles. The summed E-state index contributed by atoms with van der Waals surface area (Å²) < 4.78 is 27.6. The summed E-state index contributed by atoms with van der Waals surface area (Å²) in [5, 5.41) is 4.52. The van der Waals surface area contributed by atoms with E-state index in [1.54, 1.807) is 24.3 Å². The Labute approximate surface area is 152 Å². The van der Waals surface area contributed by atoms with Crippen LogP contribution in [-0.2, 0) is 4.84 Å². The molecule has 2 aromatic rings. The Bertz CT molecular complexity index is 748. The quantitative estimate of drug-likeness (QED) is 0.591. The maximum Gasteiger partial charge on any atom is 0.177 e. The maximum absolute atomic E-state index is 13.3. The molecule has 3 heterocycles. The van der Waals surface area contributed by atoms with Gasteiger partial charge >= 0.3 is 0 Å². The zero-order valence-electron chi connectivity index (χ0n) is 14.9. The van der Waals surface area contributed by atoms with Crippen LogP contribution in [0.5, 0.6) is 0 Å². The average molecular weight is 357 g/mol. The monoisotopic (exact) mass is 357 g/mol. The molecule has 26 heavy (non-hydrogen) atoms. The molecule has 3 saturated heterocycles. The van der Waals surface area contributed by atoms with Gasteiger partial charge < -0.3 is 9.32 Å². The number of piperidine rings is 3. The van der Waals surface area contributed by atoms with Crippen LogP contribution in [0.25, 0.3) is 0 Å². The normalized spacial score (nSPS) is 26.5. The first kappa shape index (κ1) is 17.2. The highest BCUT2D eigenvalue weighted by atomic mass is 19.1. The summed E-state index contributed by atoms with van der Waals surface area (Å²) in [7, 11) is 2.27. The lowest BCUT2D eigenvalue weighted by molar-refractivity contribution is -0.911. The second-order valence-corrected chi connectivity index (χ2v) is 7.67. The molecular weight excluding hydrogens is 334 g/mol. The van der Waals surface area contributed by atoms with Crippen LogP contribution in [0, 0.1) is 17.6 Å². The third-order valence-electron chi connectivity index (χ3n) is 5.67. The Hall–Kier alpha value is -2.27. The Balaban J connectivity index is 1.62. The number of hydrogen-bond donors (Lipinski definition) is 0. The highest BCUT2D eigenvalue weighted by Crippen LogP contribution is 2.32. The van der Waals surface area contributed by atoms with E-state index in [1.165, 1.54) is 37.4 Å². The molecular formula is C21H23F2N2O+. The number of hydrogen-bond acceptors (Lipinski definition) is 2. The third kappa shape index (κ3) is 3.49. The summed E-state index contributed by atoms with van der Waals surface area (Å²) in [4.78, 5) is 5.96. The van der Waals surface area contributed by atoms with E-state index in [9.17, 15) is 8.78 Å². The van der Waals surface area contributed by atoms with E-state index in [1.807, 2.05) is 0 Å². The van der Waals surface area contributed by atoms with Gasteiger partial charge in [0.05, 0.1) is 20.1 Å². The van der Waals surface area contributed by atoms with Gasteiger partial charge in [0.25, 0.3) is 0 Å². The first-order valence-electron chi connectivity index (χ1n) is 9.09. The van der Waals surface area contributed by atoms with E-state index < -0.39 is 6.10 Å². The smallest absolute Gasteiger partial charge is 0.177 e. The number of fused-ring (bicyclic) bond motifs is 3. The minimum atomic E-state index is -0.482. The van der Waals surface area contributed by atoms with Gasteiger partial charge in [0.1, 0.15) is 23.9 Å². The van der Waals surface area contributed by atoms with Gasteiger partial charge in [-0.1, -0.05) is 29.4 Å². The van der Waals surface area contributed by atoms with Crippen LogP contribution < -0.4 is 0 Å². The van der Waals surface area contributed by atoms with Gasteiger partial charge in [-0.25, -0.2) is 8.78 Å². The molecule has 5 heteroatoms. The first-order chi connectivity index (χ1) is 12.5. The van der Waals surface area contributed by atoms with Gasteiger partial charge in [0.15, 0.2) is 6.10 Å². The van der Waals surface area contributed by atoms with E-state index in [0.29, 0.717) is 5.92 Å².